The third kappa shape index (κ3) is 3.44. The lowest BCUT2D eigenvalue weighted by molar-refractivity contribution is -0.151. The Morgan fingerprint density at radius 1 is 1.08 bits per heavy atom. The maximum absolute atomic E-state index is 13.1. The minimum Gasteiger partial charge on any atom is -0.482 e. The Labute approximate surface area is 161 Å². The van der Waals surface area contributed by atoms with E-state index in [0.29, 0.717) is 31.2 Å². The average Bonchev–Trinajstić information content (AvgIpc) is 2.67. The molecule has 6 heteroatoms. The molecule has 0 bridgehead atoms. The third-order valence-electron chi connectivity index (χ3n) is 4.71. The Bertz CT molecular complexity index is 795. The van der Waals surface area contributed by atoms with Crippen molar-refractivity contribution < 1.29 is 19.0 Å². The minimum atomic E-state index is -0.645. The van der Waals surface area contributed by atoms with E-state index in [1.54, 1.807) is 0 Å². The summed E-state index contributed by atoms with van der Waals surface area (Å²) in [6.07, 6.45) is -1.12. The molecule has 26 heavy (non-hydrogen) atoms. The molecule has 2 aliphatic rings. The van der Waals surface area contributed by atoms with E-state index in [0.717, 1.165) is 10.0 Å². The lowest BCUT2D eigenvalue weighted by Gasteiger charge is -2.38. The third-order valence-corrected chi connectivity index (χ3v) is 5.23. The molecule has 1 saturated heterocycles. The smallest absolute Gasteiger partial charge is 0.267 e. The molecule has 3 atom stereocenters. The van der Waals surface area contributed by atoms with Gasteiger partial charge >= 0.3 is 0 Å². The van der Waals surface area contributed by atoms with Gasteiger partial charge in [-0.05, 0) is 36.8 Å². The topological polar surface area (TPSA) is 48.0 Å². The van der Waals surface area contributed by atoms with Crippen LogP contribution in [0.15, 0.2) is 53.0 Å². The quantitative estimate of drug-likeness (QED) is 0.748. The van der Waals surface area contributed by atoms with Gasteiger partial charge in [0.2, 0.25) is 6.10 Å². The number of benzene rings is 2. The number of fused-ring (bicyclic) bond motifs is 1. The van der Waals surface area contributed by atoms with Crippen LogP contribution >= 0.6 is 15.9 Å². The predicted molar refractivity (Wildman–Crippen MR) is 100 cm³/mol. The maximum Gasteiger partial charge on any atom is 0.267 e. The van der Waals surface area contributed by atoms with Gasteiger partial charge in [0.05, 0.1) is 13.2 Å². The van der Waals surface area contributed by atoms with E-state index in [9.17, 15) is 4.79 Å². The van der Waals surface area contributed by atoms with Crippen LogP contribution in [0.4, 0.5) is 0 Å². The largest absolute Gasteiger partial charge is 0.482 e. The fraction of sp³-hybridized carbons (Fsp3) is 0.350. The Morgan fingerprint density at radius 2 is 1.77 bits per heavy atom. The molecule has 1 fully saturated rings. The lowest BCUT2D eigenvalue weighted by Crippen LogP contribution is -2.53. The van der Waals surface area contributed by atoms with Crippen LogP contribution in [0, 0.1) is 0 Å². The summed E-state index contributed by atoms with van der Waals surface area (Å²) in [7, 11) is 0. The normalized spacial score (nSPS) is 25.0. The van der Waals surface area contributed by atoms with Gasteiger partial charge in [-0.2, -0.15) is 0 Å². The number of rotatable bonds is 2. The Morgan fingerprint density at radius 3 is 2.50 bits per heavy atom. The van der Waals surface area contributed by atoms with Crippen molar-refractivity contribution in [3.05, 3.63) is 58.6 Å². The minimum absolute atomic E-state index is 0.0579. The highest BCUT2D eigenvalue weighted by Crippen LogP contribution is 2.34. The van der Waals surface area contributed by atoms with E-state index >= 15 is 0 Å². The number of amides is 1. The maximum atomic E-state index is 13.1. The molecule has 4 rings (SSSR count). The highest BCUT2D eigenvalue weighted by molar-refractivity contribution is 9.10. The van der Waals surface area contributed by atoms with E-state index in [-0.39, 0.29) is 18.1 Å². The van der Waals surface area contributed by atoms with Gasteiger partial charge in [-0.15, -0.1) is 0 Å². The molecule has 1 amide bonds. The van der Waals surface area contributed by atoms with Gasteiger partial charge in [0, 0.05) is 11.0 Å². The number of carbonyl (C=O) groups is 1. The number of hydrogen-bond donors (Lipinski definition) is 0. The van der Waals surface area contributed by atoms with Gasteiger partial charge < -0.3 is 19.1 Å². The molecular weight excluding hydrogens is 398 g/mol. The number of morpholine rings is 1. The molecule has 0 radical (unpaired) electrons. The van der Waals surface area contributed by atoms with Crippen molar-refractivity contribution >= 4 is 21.8 Å². The predicted octanol–water partition coefficient (Wildman–Crippen LogP) is 3.58. The highest BCUT2D eigenvalue weighted by atomic mass is 79.9. The van der Waals surface area contributed by atoms with Crippen LogP contribution in [-0.2, 0) is 9.53 Å². The van der Waals surface area contributed by atoms with E-state index in [1.165, 1.54) is 0 Å². The summed E-state index contributed by atoms with van der Waals surface area (Å²) in [5, 5.41) is 0. The highest BCUT2D eigenvalue weighted by Gasteiger charge is 2.38. The Balaban J connectivity index is 1.48. The van der Waals surface area contributed by atoms with Crippen molar-refractivity contribution in [3.63, 3.8) is 0 Å². The van der Waals surface area contributed by atoms with Crippen molar-refractivity contribution in [2.75, 3.05) is 19.7 Å². The van der Waals surface area contributed by atoms with Crippen LogP contribution < -0.4 is 9.47 Å². The Kier molecular flexibility index (Phi) is 4.87. The second-order valence-electron chi connectivity index (χ2n) is 6.50. The first-order chi connectivity index (χ1) is 12.6. The lowest BCUT2D eigenvalue weighted by atomic mass is 10.1. The Hall–Kier alpha value is -2.05. The molecule has 5 nitrogen and oxygen atoms in total. The standard InChI is InChI=1S/C20H20BrNO4/c1-13-19(26-17-5-3-2-4-16(17)25-13)20(23)22-10-11-24-18(12-22)14-6-8-15(21)9-7-14/h2-9,13,18-19H,10-12H2,1H3. The van der Waals surface area contributed by atoms with Crippen LogP contribution in [-0.4, -0.2) is 42.7 Å². The van der Waals surface area contributed by atoms with Crippen LogP contribution in [0.5, 0.6) is 11.5 Å². The van der Waals surface area contributed by atoms with Crippen LogP contribution in [0.2, 0.25) is 0 Å². The average molecular weight is 418 g/mol. The first-order valence-electron chi connectivity index (χ1n) is 8.70. The summed E-state index contributed by atoms with van der Waals surface area (Å²) >= 11 is 3.44. The molecule has 0 aliphatic carbocycles. The summed E-state index contributed by atoms with van der Waals surface area (Å²) in [5.41, 5.74) is 1.06. The van der Waals surface area contributed by atoms with Gasteiger partial charge in [0.1, 0.15) is 12.2 Å². The summed E-state index contributed by atoms with van der Waals surface area (Å²) in [4.78, 5) is 14.9. The van der Waals surface area contributed by atoms with Gasteiger partial charge in [-0.1, -0.05) is 40.2 Å². The summed E-state index contributed by atoms with van der Waals surface area (Å²) in [6.45, 7) is 3.44. The zero-order valence-electron chi connectivity index (χ0n) is 14.4. The molecular formula is C20H20BrNO4. The summed E-state index contributed by atoms with van der Waals surface area (Å²) in [5.74, 6) is 1.23. The second-order valence-corrected chi connectivity index (χ2v) is 7.42. The molecule has 0 saturated carbocycles. The molecule has 0 spiro atoms. The van der Waals surface area contributed by atoms with Crippen molar-refractivity contribution in [2.45, 2.75) is 25.2 Å². The van der Waals surface area contributed by atoms with Crippen molar-refractivity contribution in [3.8, 4) is 11.5 Å². The van der Waals surface area contributed by atoms with Crippen molar-refractivity contribution in [1.82, 2.24) is 4.90 Å². The number of nitrogens with zero attached hydrogens (tertiary/aromatic N) is 1. The molecule has 2 aromatic carbocycles. The fourth-order valence-corrected chi connectivity index (χ4v) is 3.56. The number of para-hydroxylation sites is 2. The van der Waals surface area contributed by atoms with E-state index in [1.807, 2.05) is 60.4 Å². The molecule has 2 aliphatic heterocycles. The number of carbonyl (C=O) groups excluding carboxylic acids is 1. The number of ether oxygens (including phenoxy) is 3. The number of hydrogen-bond acceptors (Lipinski definition) is 4. The van der Waals surface area contributed by atoms with Crippen molar-refractivity contribution in [2.24, 2.45) is 0 Å². The van der Waals surface area contributed by atoms with Gasteiger partial charge in [-0.3, -0.25) is 4.79 Å². The van der Waals surface area contributed by atoms with E-state index < -0.39 is 6.10 Å². The fourth-order valence-electron chi connectivity index (χ4n) is 3.30. The van der Waals surface area contributed by atoms with E-state index in [2.05, 4.69) is 15.9 Å². The monoisotopic (exact) mass is 417 g/mol. The first-order valence-corrected chi connectivity index (χ1v) is 9.49. The van der Waals surface area contributed by atoms with Gasteiger partial charge in [0.25, 0.3) is 5.91 Å². The SMILES string of the molecule is CC1Oc2ccccc2OC1C(=O)N1CCOC(c2ccc(Br)cc2)C1. The second kappa shape index (κ2) is 7.29. The van der Waals surface area contributed by atoms with Crippen LogP contribution in [0.25, 0.3) is 0 Å². The molecule has 0 N–H and O–H groups in total. The summed E-state index contributed by atoms with van der Waals surface area (Å²) in [6, 6.07) is 15.4. The summed E-state index contributed by atoms with van der Waals surface area (Å²) < 4.78 is 18.7. The van der Waals surface area contributed by atoms with Crippen molar-refractivity contribution in [1.29, 1.82) is 0 Å². The molecule has 2 aromatic rings. The zero-order chi connectivity index (χ0) is 18.1. The van der Waals surface area contributed by atoms with Crippen LogP contribution in [0.3, 0.4) is 0 Å². The molecule has 0 aromatic heterocycles. The number of halogens is 1. The van der Waals surface area contributed by atoms with Gasteiger partial charge in [-0.25, -0.2) is 0 Å². The van der Waals surface area contributed by atoms with Gasteiger partial charge in [0.15, 0.2) is 11.5 Å². The zero-order valence-corrected chi connectivity index (χ0v) is 16.0. The molecule has 136 valence electrons. The molecule has 2 heterocycles. The molecule has 3 unspecified atom stereocenters. The van der Waals surface area contributed by atoms with E-state index in [4.69, 9.17) is 14.2 Å². The van der Waals surface area contributed by atoms with Crippen LogP contribution in [0.1, 0.15) is 18.6 Å². The first kappa shape index (κ1) is 17.4.